The molecule has 3 unspecified atom stereocenters. The summed E-state index contributed by atoms with van der Waals surface area (Å²) >= 11 is 0. The summed E-state index contributed by atoms with van der Waals surface area (Å²) in [4.78, 5) is 14.2. The molecule has 2 saturated heterocycles. The predicted octanol–water partition coefficient (Wildman–Crippen LogP) is 2.34. The highest BCUT2D eigenvalue weighted by Crippen LogP contribution is 2.24. The smallest absolute Gasteiger partial charge is 0.222 e. The summed E-state index contributed by atoms with van der Waals surface area (Å²) in [6, 6.07) is 0.255. The lowest BCUT2D eigenvalue weighted by molar-refractivity contribution is -0.133. The Labute approximate surface area is 128 Å². The Bertz CT molecular complexity index is 304. The predicted molar refractivity (Wildman–Crippen MR) is 83.0 cm³/mol. The number of carbonyl (C=O) groups excluding carboxylic acids is 1. The van der Waals surface area contributed by atoms with Crippen molar-refractivity contribution in [3.63, 3.8) is 0 Å². The molecule has 5 heteroatoms. The summed E-state index contributed by atoms with van der Waals surface area (Å²) in [6.45, 7) is 5.95. The number of ether oxygens (including phenoxy) is 1. The second kappa shape index (κ2) is 8.20. The quantitative estimate of drug-likeness (QED) is 0.867. The fraction of sp³-hybridized carbons (Fsp3) is 0.933. The van der Waals surface area contributed by atoms with Gasteiger partial charge in [-0.3, -0.25) is 4.79 Å². The van der Waals surface area contributed by atoms with Crippen LogP contribution in [-0.2, 0) is 9.53 Å². The molecular formula is C15H29ClN2O2. The first-order valence-corrected chi connectivity index (χ1v) is 7.75. The van der Waals surface area contributed by atoms with E-state index in [0.29, 0.717) is 30.5 Å². The van der Waals surface area contributed by atoms with E-state index < -0.39 is 0 Å². The molecule has 2 aliphatic heterocycles. The SMILES string of the molecule is CC1CCC(CCC(=O)N2CCC(C(C)N)CC2)O1.Cl. The number of piperidine rings is 1. The minimum Gasteiger partial charge on any atom is -0.375 e. The lowest BCUT2D eigenvalue weighted by Crippen LogP contribution is -2.42. The molecule has 1 amide bonds. The molecule has 0 aliphatic carbocycles. The summed E-state index contributed by atoms with van der Waals surface area (Å²) in [6.07, 6.45) is 6.57. The van der Waals surface area contributed by atoms with E-state index in [1.54, 1.807) is 0 Å². The molecule has 0 bridgehead atoms. The Balaban J connectivity index is 0.00000200. The van der Waals surface area contributed by atoms with E-state index in [1.165, 1.54) is 0 Å². The summed E-state index contributed by atoms with van der Waals surface area (Å²) in [5.41, 5.74) is 5.92. The summed E-state index contributed by atoms with van der Waals surface area (Å²) in [7, 11) is 0. The van der Waals surface area contributed by atoms with Gasteiger partial charge in [-0.05, 0) is 51.9 Å². The third kappa shape index (κ3) is 4.90. The number of hydrogen-bond donors (Lipinski definition) is 1. The van der Waals surface area contributed by atoms with Crippen LogP contribution in [0.4, 0.5) is 0 Å². The van der Waals surface area contributed by atoms with Gasteiger partial charge in [0, 0.05) is 25.6 Å². The van der Waals surface area contributed by atoms with E-state index in [0.717, 1.165) is 45.2 Å². The van der Waals surface area contributed by atoms with Crippen molar-refractivity contribution in [2.45, 2.75) is 70.6 Å². The fourth-order valence-electron chi connectivity index (χ4n) is 3.21. The van der Waals surface area contributed by atoms with Crippen molar-refractivity contribution in [2.24, 2.45) is 11.7 Å². The molecule has 0 aromatic rings. The van der Waals surface area contributed by atoms with Crippen molar-refractivity contribution >= 4 is 18.3 Å². The second-order valence-corrected chi connectivity index (χ2v) is 6.26. The molecule has 2 aliphatic rings. The zero-order valence-corrected chi connectivity index (χ0v) is 13.5. The van der Waals surface area contributed by atoms with Crippen LogP contribution in [0.2, 0.25) is 0 Å². The normalized spacial score (nSPS) is 29.1. The van der Waals surface area contributed by atoms with Gasteiger partial charge in [-0.1, -0.05) is 0 Å². The molecule has 118 valence electrons. The Morgan fingerprint density at radius 1 is 1.30 bits per heavy atom. The van der Waals surface area contributed by atoms with Gasteiger partial charge in [0.2, 0.25) is 5.91 Å². The third-order valence-corrected chi connectivity index (χ3v) is 4.64. The molecule has 0 saturated carbocycles. The van der Waals surface area contributed by atoms with Crippen LogP contribution in [0.3, 0.4) is 0 Å². The van der Waals surface area contributed by atoms with Gasteiger partial charge in [0.25, 0.3) is 0 Å². The Morgan fingerprint density at radius 2 is 1.95 bits per heavy atom. The van der Waals surface area contributed by atoms with Crippen LogP contribution in [0.25, 0.3) is 0 Å². The maximum Gasteiger partial charge on any atom is 0.222 e. The first-order chi connectivity index (χ1) is 9.06. The van der Waals surface area contributed by atoms with Crippen molar-refractivity contribution in [1.82, 2.24) is 4.90 Å². The topological polar surface area (TPSA) is 55.6 Å². The average Bonchev–Trinajstić information content (AvgIpc) is 2.82. The minimum absolute atomic E-state index is 0. The molecule has 0 spiro atoms. The van der Waals surface area contributed by atoms with Gasteiger partial charge in [-0.25, -0.2) is 0 Å². The highest BCUT2D eigenvalue weighted by atomic mass is 35.5. The van der Waals surface area contributed by atoms with Crippen molar-refractivity contribution in [1.29, 1.82) is 0 Å². The summed E-state index contributed by atoms with van der Waals surface area (Å²) in [5, 5.41) is 0. The summed E-state index contributed by atoms with van der Waals surface area (Å²) < 4.78 is 5.76. The number of nitrogens with zero attached hydrogens (tertiary/aromatic N) is 1. The van der Waals surface area contributed by atoms with Crippen LogP contribution >= 0.6 is 12.4 Å². The zero-order valence-electron chi connectivity index (χ0n) is 12.7. The van der Waals surface area contributed by atoms with Crippen LogP contribution in [-0.4, -0.2) is 42.1 Å². The lowest BCUT2D eigenvalue weighted by Gasteiger charge is -2.34. The zero-order chi connectivity index (χ0) is 13.8. The van der Waals surface area contributed by atoms with Crippen molar-refractivity contribution in [3.05, 3.63) is 0 Å². The number of likely N-dealkylation sites (tertiary alicyclic amines) is 1. The van der Waals surface area contributed by atoms with Gasteiger partial charge in [0.15, 0.2) is 0 Å². The second-order valence-electron chi connectivity index (χ2n) is 6.26. The van der Waals surface area contributed by atoms with E-state index in [2.05, 4.69) is 13.8 Å². The number of rotatable bonds is 4. The molecule has 0 radical (unpaired) electrons. The Hall–Kier alpha value is -0.320. The molecule has 2 rings (SSSR count). The standard InChI is InChI=1S/C15H28N2O2.ClH/c1-11-3-4-14(19-11)5-6-15(18)17-9-7-13(8-10-17)12(2)16;/h11-14H,3-10,16H2,1-2H3;1H. The Morgan fingerprint density at radius 3 is 2.45 bits per heavy atom. The molecule has 0 aromatic heterocycles. The maximum atomic E-state index is 12.2. The molecule has 2 N–H and O–H groups in total. The summed E-state index contributed by atoms with van der Waals surface area (Å²) in [5.74, 6) is 0.884. The maximum absolute atomic E-state index is 12.2. The van der Waals surface area contributed by atoms with E-state index in [4.69, 9.17) is 10.5 Å². The van der Waals surface area contributed by atoms with E-state index >= 15 is 0 Å². The van der Waals surface area contributed by atoms with Gasteiger partial charge in [-0.2, -0.15) is 0 Å². The van der Waals surface area contributed by atoms with E-state index in [1.807, 2.05) is 4.90 Å². The minimum atomic E-state index is 0. The largest absolute Gasteiger partial charge is 0.375 e. The molecule has 2 heterocycles. The van der Waals surface area contributed by atoms with Crippen LogP contribution in [0.15, 0.2) is 0 Å². The van der Waals surface area contributed by atoms with Crippen molar-refractivity contribution in [2.75, 3.05) is 13.1 Å². The highest BCUT2D eigenvalue weighted by molar-refractivity contribution is 5.85. The van der Waals surface area contributed by atoms with Crippen LogP contribution < -0.4 is 5.73 Å². The van der Waals surface area contributed by atoms with Crippen molar-refractivity contribution < 1.29 is 9.53 Å². The third-order valence-electron chi connectivity index (χ3n) is 4.64. The number of nitrogens with two attached hydrogens (primary N) is 1. The average molecular weight is 305 g/mol. The van der Waals surface area contributed by atoms with Gasteiger partial charge < -0.3 is 15.4 Å². The number of carbonyl (C=O) groups is 1. The van der Waals surface area contributed by atoms with E-state index in [-0.39, 0.29) is 18.4 Å². The number of hydrogen-bond acceptors (Lipinski definition) is 3. The monoisotopic (exact) mass is 304 g/mol. The Kier molecular flexibility index (Phi) is 7.27. The van der Waals surface area contributed by atoms with Gasteiger partial charge >= 0.3 is 0 Å². The van der Waals surface area contributed by atoms with Gasteiger partial charge in [-0.15, -0.1) is 12.4 Å². The highest BCUT2D eigenvalue weighted by Gasteiger charge is 2.26. The lowest BCUT2D eigenvalue weighted by atomic mass is 9.91. The molecule has 20 heavy (non-hydrogen) atoms. The molecule has 2 fully saturated rings. The molecule has 4 nitrogen and oxygen atoms in total. The van der Waals surface area contributed by atoms with Gasteiger partial charge in [0.1, 0.15) is 0 Å². The van der Waals surface area contributed by atoms with Crippen LogP contribution in [0.1, 0.15) is 52.4 Å². The first-order valence-electron chi connectivity index (χ1n) is 7.75. The fourth-order valence-corrected chi connectivity index (χ4v) is 3.21. The number of halogens is 1. The van der Waals surface area contributed by atoms with Gasteiger partial charge in [0.05, 0.1) is 12.2 Å². The molecule has 0 aromatic carbocycles. The van der Waals surface area contributed by atoms with E-state index in [9.17, 15) is 4.79 Å². The van der Waals surface area contributed by atoms with Crippen LogP contribution in [0.5, 0.6) is 0 Å². The molecule has 3 atom stereocenters. The first kappa shape index (κ1) is 17.7. The van der Waals surface area contributed by atoms with Crippen molar-refractivity contribution in [3.8, 4) is 0 Å². The number of amides is 1. The molecular weight excluding hydrogens is 276 g/mol. The van der Waals surface area contributed by atoms with Crippen LogP contribution in [0, 0.1) is 5.92 Å².